The maximum Gasteiger partial charge on any atom is 0.330 e. The lowest BCUT2D eigenvalue weighted by atomic mass is 9.81. The van der Waals surface area contributed by atoms with Gasteiger partial charge in [-0.3, -0.25) is 0 Å². The average Bonchev–Trinajstić information content (AvgIpc) is 3.10. The molecule has 2 rings (SSSR count). The van der Waals surface area contributed by atoms with Crippen LogP contribution in [-0.2, 0) is 19.0 Å². The second-order valence-electron chi connectivity index (χ2n) is 5.92. The fourth-order valence-corrected chi connectivity index (χ4v) is 3.25. The van der Waals surface area contributed by atoms with Crippen LogP contribution in [0.1, 0.15) is 46.0 Å². The van der Waals surface area contributed by atoms with E-state index in [4.69, 9.17) is 9.47 Å². The van der Waals surface area contributed by atoms with Crippen LogP contribution in [0.4, 0.5) is 0 Å². The van der Waals surface area contributed by atoms with E-state index in [1.54, 1.807) is 0 Å². The van der Waals surface area contributed by atoms with Gasteiger partial charge >= 0.3 is 5.97 Å². The molecule has 0 amide bonds. The van der Waals surface area contributed by atoms with Crippen molar-refractivity contribution in [1.29, 1.82) is 0 Å². The van der Waals surface area contributed by atoms with Gasteiger partial charge in [0, 0.05) is 17.4 Å². The minimum absolute atomic E-state index is 0.148. The van der Waals surface area contributed by atoms with Gasteiger partial charge in [0.25, 0.3) is 0 Å². The average molecular weight is 282 g/mol. The Balaban J connectivity index is 2.15. The molecule has 1 aliphatic carbocycles. The number of carbonyl (C=O) groups is 1. The van der Waals surface area contributed by atoms with Gasteiger partial charge in [-0.25, -0.2) is 4.79 Å². The largest absolute Gasteiger partial charge is 0.466 e. The Bertz CT molecular complexity index is 365. The molecule has 4 heteroatoms. The van der Waals surface area contributed by atoms with Crippen LogP contribution in [0.2, 0.25) is 0 Å². The van der Waals surface area contributed by atoms with E-state index in [1.165, 1.54) is 26.0 Å². The van der Waals surface area contributed by atoms with Crippen LogP contribution in [0.25, 0.3) is 0 Å². The summed E-state index contributed by atoms with van der Waals surface area (Å²) >= 11 is 0. The third kappa shape index (κ3) is 2.77. The lowest BCUT2D eigenvalue weighted by molar-refractivity contribution is -0.228. The molecule has 1 saturated carbocycles. The zero-order chi connectivity index (χ0) is 14.6. The fraction of sp³-hybridized carbons (Fsp3) is 0.812. The molecule has 2 fully saturated rings. The summed E-state index contributed by atoms with van der Waals surface area (Å²) in [6.07, 6.45) is 8.93. The molecule has 0 N–H and O–H groups in total. The number of unbranched alkanes of at least 4 members (excludes halogenated alkanes) is 1. The van der Waals surface area contributed by atoms with Gasteiger partial charge in [-0.05, 0) is 19.3 Å². The van der Waals surface area contributed by atoms with E-state index >= 15 is 0 Å². The smallest absolute Gasteiger partial charge is 0.330 e. The lowest BCUT2D eigenvalue weighted by Crippen LogP contribution is -2.46. The molecule has 20 heavy (non-hydrogen) atoms. The first-order chi connectivity index (χ1) is 9.60. The molecular weight excluding hydrogens is 256 g/mol. The second-order valence-corrected chi connectivity index (χ2v) is 5.92. The zero-order valence-electron chi connectivity index (χ0n) is 12.8. The summed E-state index contributed by atoms with van der Waals surface area (Å²) in [7, 11) is 1.40. The van der Waals surface area contributed by atoms with Crippen LogP contribution in [0.15, 0.2) is 12.2 Å². The highest BCUT2D eigenvalue weighted by molar-refractivity contribution is 5.82. The van der Waals surface area contributed by atoms with Crippen molar-refractivity contribution in [3.05, 3.63) is 12.2 Å². The van der Waals surface area contributed by atoms with E-state index in [1.807, 2.05) is 6.08 Å². The van der Waals surface area contributed by atoms with E-state index < -0.39 is 5.79 Å². The van der Waals surface area contributed by atoms with E-state index in [2.05, 4.69) is 18.6 Å². The van der Waals surface area contributed by atoms with E-state index in [-0.39, 0.29) is 11.4 Å². The van der Waals surface area contributed by atoms with E-state index in [9.17, 15) is 4.79 Å². The molecule has 1 aliphatic heterocycles. The molecule has 1 saturated heterocycles. The molecule has 0 aromatic heterocycles. The molecule has 0 aromatic rings. The van der Waals surface area contributed by atoms with E-state index in [0.29, 0.717) is 19.1 Å². The number of carbonyl (C=O) groups excluding carboxylic acids is 1. The Labute approximate surface area is 121 Å². The first-order valence-corrected chi connectivity index (χ1v) is 7.65. The summed E-state index contributed by atoms with van der Waals surface area (Å²) in [6.45, 7) is 5.68. The molecule has 1 atom stereocenters. The lowest BCUT2D eigenvalue weighted by Gasteiger charge is -2.39. The maximum absolute atomic E-state index is 11.4. The van der Waals surface area contributed by atoms with Gasteiger partial charge in [-0.1, -0.05) is 32.8 Å². The minimum atomic E-state index is -0.549. The minimum Gasteiger partial charge on any atom is -0.466 e. The normalized spacial score (nSPS) is 24.8. The topological polar surface area (TPSA) is 44.8 Å². The van der Waals surface area contributed by atoms with Crippen molar-refractivity contribution in [2.45, 2.75) is 51.7 Å². The standard InChI is InChI=1S/C16H26O4/c1-4-5-6-13(2)16(19-11-12-20-16)15(9-10-15)8-7-14(17)18-3/h7-8,13H,4-6,9-12H2,1-3H3. The molecule has 0 spiro atoms. The summed E-state index contributed by atoms with van der Waals surface area (Å²) < 4.78 is 16.8. The second kappa shape index (κ2) is 6.27. The highest BCUT2D eigenvalue weighted by Gasteiger charge is 2.63. The van der Waals surface area contributed by atoms with Gasteiger partial charge in [-0.15, -0.1) is 0 Å². The van der Waals surface area contributed by atoms with Gasteiger partial charge in [-0.2, -0.15) is 0 Å². The highest BCUT2D eigenvalue weighted by atomic mass is 16.7. The SMILES string of the molecule is CCCCC(C)C1(C2(C=CC(=O)OC)CC2)OCCO1. The van der Waals surface area contributed by atoms with Crippen molar-refractivity contribution in [2.24, 2.45) is 11.3 Å². The predicted molar refractivity (Wildman–Crippen MR) is 76.1 cm³/mol. The Kier molecular flexibility index (Phi) is 4.86. The van der Waals surface area contributed by atoms with Crippen molar-refractivity contribution in [3.63, 3.8) is 0 Å². The molecular formula is C16H26O4. The zero-order valence-corrected chi connectivity index (χ0v) is 12.8. The van der Waals surface area contributed by atoms with Crippen LogP contribution in [0.3, 0.4) is 0 Å². The summed E-state index contributed by atoms with van der Waals surface area (Å²) in [5.74, 6) is -0.535. The molecule has 4 nitrogen and oxygen atoms in total. The molecule has 0 aromatic carbocycles. The monoisotopic (exact) mass is 282 g/mol. The Morgan fingerprint density at radius 1 is 1.35 bits per heavy atom. The van der Waals surface area contributed by atoms with Crippen molar-refractivity contribution >= 4 is 5.97 Å². The van der Waals surface area contributed by atoms with Crippen LogP contribution in [0.5, 0.6) is 0 Å². The third-order valence-corrected chi connectivity index (χ3v) is 4.58. The maximum atomic E-state index is 11.4. The molecule has 0 bridgehead atoms. The van der Waals surface area contributed by atoms with Gasteiger partial charge in [0.05, 0.1) is 20.3 Å². The Morgan fingerprint density at radius 3 is 2.50 bits per heavy atom. The number of methoxy groups -OCH3 is 1. The van der Waals surface area contributed by atoms with Gasteiger partial charge < -0.3 is 14.2 Å². The summed E-state index contributed by atoms with van der Waals surface area (Å²) in [5, 5.41) is 0. The van der Waals surface area contributed by atoms with Crippen molar-refractivity contribution in [2.75, 3.05) is 20.3 Å². The van der Waals surface area contributed by atoms with Gasteiger partial charge in [0.15, 0.2) is 5.79 Å². The summed E-state index contributed by atoms with van der Waals surface area (Å²) in [6, 6.07) is 0. The highest BCUT2D eigenvalue weighted by Crippen LogP contribution is 2.61. The molecule has 1 unspecified atom stereocenters. The number of hydrogen-bond donors (Lipinski definition) is 0. The Morgan fingerprint density at radius 2 is 2.00 bits per heavy atom. The third-order valence-electron chi connectivity index (χ3n) is 4.58. The molecule has 2 aliphatic rings. The van der Waals surface area contributed by atoms with E-state index in [0.717, 1.165) is 19.3 Å². The molecule has 1 heterocycles. The van der Waals surface area contributed by atoms with Crippen molar-refractivity contribution in [3.8, 4) is 0 Å². The van der Waals surface area contributed by atoms with Crippen LogP contribution in [0, 0.1) is 11.3 Å². The van der Waals surface area contributed by atoms with Crippen molar-refractivity contribution < 1.29 is 19.0 Å². The Hall–Kier alpha value is -0.870. The fourth-order valence-electron chi connectivity index (χ4n) is 3.25. The number of rotatable bonds is 7. The molecule has 114 valence electrons. The van der Waals surface area contributed by atoms with Crippen LogP contribution in [-0.4, -0.2) is 32.1 Å². The molecule has 0 radical (unpaired) electrons. The first kappa shape index (κ1) is 15.5. The number of hydrogen-bond acceptors (Lipinski definition) is 4. The van der Waals surface area contributed by atoms with Gasteiger partial charge in [0.1, 0.15) is 0 Å². The van der Waals surface area contributed by atoms with Crippen LogP contribution < -0.4 is 0 Å². The van der Waals surface area contributed by atoms with Crippen LogP contribution >= 0.6 is 0 Å². The quantitative estimate of drug-likeness (QED) is 0.532. The number of ether oxygens (including phenoxy) is 3. The van der Waals surface area contributed by atoms with Crippen molar-refractivity contribution in [1.82, 2.24) is 0 Å². The van der Waals surface area contributed by atoms with Gasteiger partial charge in [0.2, 0.25) is 0 Å². The summed E-state index contributed by atoms with van der Waals surface area (Å²) in [5.41, 5.74) is -0.148. The predicted octanol–water partition coefficient (Wildman–Crippen LogP) is 3.07. The number of esters is 1. The summed E-state index contributed by atoms with van der Waals surface area (Å²) in [4.78, 5) is 11.4. The first-order valence-electron chi connectivity index (χ1n) is 7.65.